The minimum absolute atomic E-state index is 0.106. The molecule has 0 aromatic rings. The van der Waals surface area contributed by atoms with Crippen molar-refractivity contribution >= 4 is 21.8 Å². The van der Waals surface area contributed by atoms with Crippen molar-refractivity contribution in [1.29, 1.82) is 0 Å². The van der Waals surface area contributed by atoms with Gasteiger partial charge >= 0.3 is 0 Å². The molecule has 0 N–H and O–H groups in total. The maximum Gasteiger partial charge on any atom is 0.192 e. The fourth-order valence-corrected chi connectivity index (χ4v) is 4.27. The highest BCUT2D eigenvalue weighted by molar-refractivity contribution is 7.04. The van der Waals surface area contributed by atoms with Gasteiger partial charge in [-0.25, -0.2) is 0 Å². The van der Waals surface area contributed by atoms with Crippen LogP contribution in [0.4, 0.5) is 0 Å². The van der Waals surface area contributed by atoms with E-state index in [1.165, 1.54) is 0 Å². The van der Waals surface area contributed by atoms with Gasteiger partial charge in [0, 0.05) is 7.11 Å². The third kappa shape index (κ3) is 6.32. The van der Waals surface area contributed by atoms with Gasteiger partial charge in [-0.3, -0.25) is 0 Å². The van der Waals surface area contributed by atoms with Crippen LogP contribution >= 0.6 is 0 Å². The molecule has 0 amide bonds. The van der Waals surface area contributed by atoms with E-state index in [0.717, 1.165) is 0 Å². The fourth-order valence-electron chi connectivity index (χ4n) is 1.70. The molecule has 0 rings (SSSR count). The molecular formula is C15H34O4Si2. The summed E-state index contributed by atoms with van der Waals surface area (Å²) in [5, 5.41) is 0.292. The van der Waals surface area contributed by atoms with Crippen LogP contribution in [0.15, 0.2) is 0 Å². The first-order valence-corrected chi connectivity index (χ1v) is 14.0. The number of methoxy groups -OCH3 is 1. The first kappa shape index (κ1) is 21.0. The molecule has 0 aromatic heterocycles. The largest absolute Gasteiger partial charge is 0.411 e. The summed E-state index contributed by atoms with van der Waals surface area (Å²) in [6, 6.07) is 0. The Morgan fingerprint density at radius 1 is 1.10 bits per heavy atom. The highest BCUT2D eigenvalue weighted by atomic mass is 28.4. The van der Waals surface area contributed by atoms with Crippen LogP contribution in [-0.2, 0) is 18.7 Å². The van der Waals surface area contributed by atoms with Crippen molar-refractivity contribution < 1.29 is 18.7 Å². The summed E-state index contributed by atoms with van der Waals surface area (Å²) in [4.78, 5) is 12.7. The van der Waals surface area contributed by atoms with Gasteiger partial charge < -0.3 is 18.7 Å². The van der Waals surface area contributed by atoms with Crippen molar-refractivity contribution in [1.82, 2.24) is 0 Å². The zero-order valence-electron chi connectivity index (χ0n) is 15.5. The standard InChI is InChI=1S/C15H34O4Si2/c1-12(19-21(9,10)15(2,3)4)13(18-11-17-5)14(16)20(6,7)8/h12-13H,11H2,1-10H3/t12-,13+/m1/s1. The Morgan fingerprint density at radius 2 is 1.57 bits per heavy atom. The van der Waals surface area contributed by atoms with Gasteiger partial charge in [-0.15, -0.1) is 0 Å². The molecule has 126 valence electrons. The van der Waals surface area contributed by atoms with Crippen LogP contribution in [0.25, 0.3) is 0 Å². The second-order valence-corrected chi connectivity index (χ2v) is 17.9. The van der Waals surface area contributed by atoms with Gasteiger partial charge in [-0.1, -0.05) is 40.4 Å². The van der Waals surface area contributed by atoms with Gasteiger partial charge in [0.2, 0.25) is 0 Å². The van der Waals surface area contributed by atoms with E-state index in [-0.39, 0.29) is 23.3 Å². The van der Waals surface area contributed by atoms with Crippen molar-refractivity contribution in [2.24, 2.45) is 0 Å². The van der Waals surface area contributed by atoms with E-state index in [9.17, 15) is 4.79 Å². The molecule has 0 spiro atoms. The zero-order valence-corrected chi connectivity index (χ0v) is 17.5. The lowest BCUT2D eigenvalue weighted by molar-refractivity contribution is -0.142. The van der Waals surface area contributed by atoms with Crippen molar-refractivity contribution in [3.63, 3.8) is 0 Å². The summed E-state index contributed by atoms with van der Waals surface area (Å²) in [6.07, 6.45) is -0.786. The second kappa shape index (κ2) is 7.50. The van der Waals surface area contributed by atoms with Crippen molar-refractivity contribution in [2.45, 2.75) is 77.7 Å². The maximum absolute atomic E-state index is 12.7. The predicted molar refractivity (Wildman–Crippen MR) is 92.8 cm³/mol. The monoisotopic (exact) mass is 334 g/mol. The molecule has 0 aromatic carbocycles. The topological polar surface area (TPSA) is 44.8 Å². The van der Waals surface area contributed by atoms with Crippen LogP contribution in [0.1, 0.15) is 27.7 Å². The Balaban J connectivity index is 5.14. The van der Waals surface area contributed by atoms with Crippen LogP contribution in [0.3, 0.4) is 0 Å². The van der Waals surface area contributed by atoms with Gasteiger partial charge in [0.1, 0.15) is 26.4 Å². The van der Waals surface area contributed by atoms with Crippen molar-refractivity contribution in [3.05, 3.63) is 0 Å². The molecule has 2 atom stereocenters. The smallest absolute Gasteiger partial charge is 0.192 e. The fraction of sp³-hybridized carbons (Fsp3) is 0.933. The number of ether oxygens (including phenoxy) is 2. The Kier molecular flexibility index (Phi) is 7.50. The van der Waals surface area contributed by atoms with Crippen LogP contribution in [0.2, 0.25) is 37.8 Å². The molecule has 4 nitrogen and oxygen atoms in total. The third-order valence-corrected chi connectivity index (χ3v) is 10.4. The number of rotatable bonds is 8. The molecule has 6 heteroatoms. The number of carbonyl (C=O) groups is 1. The predicted octanol–water partition coefficient (Wildman–Crippen LogP) is 3.83. The van der Waals surface area contributed by atoms with Gasteiger partial charge in [-0.05, 0) is 25.1 Å². The molecular weight excluding hydrogens is 300 g/mol. The second-order valence-electron chi connectivity index (χ2n) is 8.19. The molecule has 0 saturated carbocycles. The summed E-state index contributed by atoms with van der Waals surface area (Å²) in [5.41, 5.74) is 0. The lowest BCUT2D eigenvalue weighted by Gasteiger charge is -2.40. The summed E-state index contributed by atoms with van der Waals surface area (Å²) in [6.45, 7) is 19.1. The van der Waals surface area contributed by atoms with E-state index in [1.807, 2.05) is 26.6 Å². The van der Waals surface area contributed by atoms with Gasteiger partial charge in [0.05, 0.1) is 6.10 Å². The van der Waals surface area contributed by atoms with Crippen LogP contribution in [0.5, 0.6) is 0 Å². The lowest BCUT2D eigenvalue weighted by atomic mass is 10.2. The molecule has 0 heterocycles. The number of hydrogen-bond donors (Lipinski definition) is 0. The molecule has 0 aliphatic heterocycles. The molecule has 0 unspecified atom stereocenters. The van der Waals surface area contributed by atoms with Gasteiger partial charge in [0.25, 0.3) is 0 Å². The highest BCUT2D eigenvalue weighted by Gasteiger charge is 2.43. The van der Waals surface area contributed by atoms with Crippen LogP contribution in [0, 0.1) is 0 Å². The van der Waals surface area contributed by atoms with Crippen molar-refractivity contribution in [2.75, 3.05) is 13.9 Å². The van der Waals surface area contributed by atoms with Crippen LogP contribution < -0.4 is 0 Å². The molecule has 0 bridgehead atoms. The Bertz CT molecular complexity index is 343. The molecule has 0 radical (unpaired) electrons. The first-order valence-electron chi connectivity index (χ1n) is 7.56. The summed E-state index contributed by atoms with van der Waals surface area (Å²) in [7, 11) is -2.31. The van der Waals surface area contributed by atoms with E-state index in [4.69, 9.17) is 13.9 Å². The van der Waals surface area contributed by atoms with E-state index in [1.54, 1.807) is 7.11 Å². The molecule has 0 fully saturated rings. The molecule has 0 aliphatic rings. The van der Waals surface area contributed by atoms with Gasteiger partial charge in [-0.2, -0.15) is 0 Å². The molecule has 0 aliphatic carbocycles. The lowest BCUT2D eigenvalue weighted by Crippen LogP contribution is -2.53. The highest BCUT2D eigenvalue weighted by Crippen LogP contribution is 2.37. The average Bonchev–Trinajstić information content (AvgIpc) is 2.25. The summed E-state index contributed by atoms with van der Waals surface area (Å²) in [5.74, 6) is 0. The normalized spacial score (nSPS) is 16.7. The van der Waals surface area contributed by atoms with E-state index in [2.05, 4.69) is 33.9 Å². The van der Waals surface area contributed by atoms with E-state index < -0.39 is 22.5 Å². The Morgan fingerprint density at radius 3 is 1.90 bits per heavy atom. The minimum Gasteiger partial charge on any atom is -0.411 e. The summed E-state index contributed by atoms with van der Waals surface area (Å²) < 4.78 is 17.0. The summed E-state index contributed by atoms with van der Waals surface area (Å²) >= 11 is 0. The third-order valence-electron chi connectivity index (χ3n) is 4.08. The van der Waals surface area contributed by atoms with Crippen molar-refractivity contribution in [3.8, 4) is 0 Å². The SMILES string of the molecule is COCO[C@H](C(=O)[Si](C)(C)C)[C@@H](C)O[Si](C)(C)C(C)(C)C. The molecule has 0 saturated heterocycles. The minimum atomic E-state index is -1.94. The Hall–Kier alpha value is -0.0162. The number of carbonyl (C=O) groups excluding carboxylic acids is 1. The number of hydrogen-bond acceptors (Lipinski definition) is 4. The first-order chi connectivity index (χ1) is 9.24. The quantitative estimate of drug-likeness (QED) is 0.500. The Labute approximate surface area is 132 Å². The maximum atomic E-state index is 12.7. The van der Waals surface area contributed by atoms with E-state index >= 15 is 0 Å². The van der Waals surface area contributed by atoms with E-state index in [0.29, 0.717) is 0 Å². The van der Waals surface area contributed by atoms with Gasteiger partial charge in [0.15, 0.2) is 8.32 Å². The zero-order chi connectivity index (χ0) is 17.1. The average molecular weight is 335 g/mol. The molecule has 21 heavy (non-hydrogen) atoms. The van der Waals surface area contributed by atoms with Crippen LogP contribution in [-0.4, -0.2) is 47.9 Å².